The number of halogens is 4. The third-order valence-corrected chi connectivity index (χ3v) is 3.78. The topological polar surface area (TPSA) is 29.5 Å². The average Bonchev–Trinajstić information content (AvgIpc) is 2.37. The van der Waals surface area contributed by atoms with Crippen LogP contribution in [0.25, 0.3) is 0 Å². The minimum absolute atomic E-state index is 0.0606. The molecule has 1 rings (SSSR count). The summed E-state index contributed by atoms with van der Waals surface area (Å²) in [6.07, 6.45) is -4.48. The lowest BCUT2D eigenvalue weighted by atomic mass is 10.1. The summed E-state index contributed by atoms with van der Waals surface area (Å²) in [6.45, 7) is 1.78. The van der Waals surface area contributed by atoms with Crippen molar-refractivity contribution in [3.63, 3.8) is 0 Å². The van der Waals surface area contributed by atoms with Crippen molar-refractivity contribution in [3.05, 3.63) is 33.8 Å². The number of benzene rings is 1. The Morgan fingerprint density at radius 3 is 2.57 bits per heavy atom. The van der Waals surface area contributed by atoms with Gasteiger partial charge in [-0.1, -0.05) is 34.2 Å². The SMILES string of the molecule is CCOC(=O)CN(C)C(=S)c1ccc(Br)c(C(F)(F)F)c1. The zero-order valence-corrected chi connectivity index (χ0v) is 13.7. The molecule has 0 spiro atoms. The van der Waals surface area contributed by atoms with Gasteiger partial charge in [0.2, 0.25) is 0 Å². The molecule has 0 N–H and O–H groups in total. The van der Waals surface area contributed by atoms with E-state index in [-0.39, 0.29) is 28.2 Å². The Bertz CT molecular complexity index is 549. The van der Waals surface area contributed by atoms with E-state index in [2.05, 4.69) is 15.9 Å². The Hall–Kier alpha value is -1.15. The van der Waals surface area contributed by atoms with Gasteiger partial charge in [-0.05, 0) is 19.1 Å². The van der Waals surface area contributed by atoms with Crippen molar-refractivity contribution in [2.75, 3.05) is 20.2 Å². The molecule has 0 aliphatic carbocycles. The fourth-order valence-corrected chi connectivity index (χ4v) is 2.23. The number of ether oxygens (including phenoxy) is 1. The van der Waals surface area contributed by atoms with Crippen LogP contribution in [-0.4, -0.2) is 36.1 Å². The van der Waals surface area contributed by atoms with Crippen molar-refractivity contribution in [1.29, 1.82) is 0 Å². The molecular weight excluding hydrogens is 371 g/mol. The predicted molar refractivity (Wildman–Crippen MR) is 80.1 cm³/mol. The van der Waals surface area contributed by atoms with Gasteiger partial charge in [-0.15, -0.1) is 0 Å². The van der Waals surface area contributed by atoms with Crippen LogP contribution >= 0.6 is 28.1 Å². The van der Waals surface area contributed by atoms with Gasteiger partial charge in [0.1, 0.15) is 11.5 Å². The lowest BCUT2D eigenvalue weighted by Gasteiger charge is -2.20. The number of esters is 1. The minimum Gasteiger partial charge on any atom is -0.465 e. The third-order valence-electron chi connectivity index (χ3n) is 2.54. The Kier molecular flexibility index (Phi) is 6.15. The molecule has 0 amide bonds. The standard InChI is InChI=1S/C13H13BrF3NO2S/c1-3-20-11(19)7-18(2)12(21)8-4-5-10(14)9(6-8)13(15,16)17/h4-6H,3,7H2,1-2H3. The Morgan fingerprint density at radius 2 is 2.05 bits per heavy atom. The molecule has 21 heavy (non-hydrogen) atoms. The normalized spacial score (nSPS) is 11.1. The highest BCUT2D eigenvalue weighted by Crippen LogP contribution is 2.35. The second-order valence-electron chi connectivity index (χ2n) is 4.16. The van der Waals surface area contributed by atoms with E-state index in [1.807, 2.05) is 0 Å². The zero-order valence-electron chi connectivity index (χ0n) is 11.3. The molecule has 0 unspecified atom stereocenters. The van der Waals surface area contributed by atoms with Crippen molar-refractivity contribution in [2.45, 2.75) is 13.1 Å². The summed E-state index contributed by atoms with van der Waals surface area (Å²) in [7, 11) is 1.52. The largest absolute Gasteiger partial charge is 0.465 e. The van der Waals surface area contributed by atoms with Gasteiger partial charge in [0, 0.05) is 17.1 Å². The van der Waals surface area contributed by atoms with Crippen LogP contribution < -0.4 is 0 Å². The summed E-state index contributed by atoms with van der Waals surface area (Å²) in [6, 6.07) is 3.69. The van der Waals surface area contributed by atoms with Gasteiger partial charge in [0.15, 0.2) is 0 Å². The van der Waals surface area contributed by atoms with Crippen LogP contribution in [0.2, 0.25) is 0 Å². The molecule has 1 aromatic carbocycles. The van der Waals surface area contributed by atoms with Gasteiger partial charge >= 0.3 is 12.1 Å². The van der Waals surface area contributed by atoms with Crippen molar-refractivity contribution in [3.8, 4) is 0 Å². The van der Waals surface area contributed by atoms with E-state index in [9.17, 15) is 18.0 Å². The first kappa shape index (κ1) is 17.9. The summed E-state index contributed by atoms with van der Waals surface area (Å²) in [5.74, 6) is -0.490. The van der Waals surface area contributed by atoms with Gasteiger partial charge in [0.25, 0.3) is 0 Å². The van der Waals surface area contributed by atoms with E-state index in [1.54, 1.807) is 6.92 Å². The first-order chi connectivity index (χ1) is 9.66. The van der Waals surface area contributed by atoms with Gasteiger partial charge in [-0.2, -0.15) is 13.2 Å². The van der Waals surface area contributed by atoms with E-state index < -0.39 is 17.7 Å². The number of nitrogens with zero attached hydrogens (tertiary/aromatic N) is 1. The van der Waals surface area contributed by atoms with Gasteiger partial charge in [-0.3, -0.25) is 4.79 Å². The van der Waals surface area contributed by atoms with Crippen molar-refractivity contribution >= 4 is 39.1 Å². The molecule has 116 valence electrons. The molecule has 0 heterocycles. The van der Waals surface area contributed by atoms with E-state index in [4.69, 9.17) is 17.0 Å². The number of hydrogen-bond donors (Lipinski definition) is 0. The first-order valence-electron chi connectivity index (χ1n) is 5.94. The van der Waals surface area contributed by atoms with Gasteiger partial charge in [-0.25, -0.2) is 0 Å². The van der Waals surface area contributed by atoms with Crippen LogP contribution in [0.5, 0.6) is 0 Å². The Morgan fingerprint density at radius 1 is 1.43 bits per heavy atom. The molecule has 3 nitrogen and oxygen atoms in total. The smallest absolute Gasteiger partial charge is 0.417 e. The maximum atomic E-state index is 12.8. The maximum absolute atomic E-state index is 12.8. The fourth-order valence-electron chi connectivity index (χ4n) is 1.57. The third kappa shape index (κ3) is 4.96. The van der Waals surface area contributed by atoms with Gasteiger partial charge in [0.05, 0.1) is 12.2 Å². The fraction of sp³-hybridized carbons (Fsp3) is 0.385. The molecular formula is C13H13BrF3NO2S. The molecule has 0 aliphatic heterocycles. The predicted octanol–water partition coefficient (Wildman–Crippen LogP) is 3.64. The highest BCUT2D eigenvalue weighted by Gasteiger charge is 2.33. The van der Waals surface area contributed by atoms with Crippen LogP contribution in [0.1, 0.15) is 18.1 Å². The second kappa shape index (κ2) is 7.22. The zero-order chi connectivity index (χ0) is 16.2. The molecule has 0 saturated carbocycles. The molecule has 0 radical (unpaired) electrons. The minimum atomic E-state index is -4.48. The van der Waals surface area contributed by atoms with Gasteiger partial charge < -0.3 is 9.64 Å². The monoisotopic (exact) mass is 383 g/mol. The van der Waals surface area contributed by atoms with E-state index in [0.29, 0.717) is 0 Å². The summed E-state index contributed by atoms with van der Waals surface area (Å²) in [5, 5.41) is 0. The molecule has 0 aromatic heterocycles. The molecule has 0 bridgehead atoms. The maximum Gasteiger partial charge on any atom is 0.417 e. The van der Waals surface area contributed by atoms with Crippen LogP contribution in [0.4, 0.5) is 13.2 Å². The number of carbonyl (C=O) groups excluding carboxylic acids is 1. The molecule has 0 fully saturated rings. The summed E-state index contributed by atoms with van der Waals surface area (Å²) in [5.41, 5.74) is -0.598. The quantitative estimate of drug-likeness (QED) is 0.586. The number of alkyl halides is 3. The molecule has 0 atom stereocenters. The molecule has 0 saturated heterocycles. The highest BCUT2D eigenvalue weighted by molar-refractivity contribution is 9.10. The van der Waals surface area contributed by atoms with Crippen LogP contribution in [0.15, 0.2) is 22.7 Å². The molecule has 8 heteroatoms. The Balaban J connectivity index is 2.95. The Labute approximate surface area is 134 Å². The first-order valence-corrected chi connectivity index (χ1v) is 7.14. The number of carbonyl (C=O) groups is 1. The number of hydrogen-bond acceptors (Lipinski definition) is 3. The lowest BCUT2D eigenvalue weighted by Crippen LogP contribution is -2.32. The van der Waals surface area contributed by atoms with Crippen molar-refractivity contribution in [1.82, 2.24) is 4.90 Å². The van der Waals surface area contributed by atoms with Crippen molar-refractivity contribution in [2.24, 2.45) is 0 Å². The highest BCUT2D eigenvalue weighted by atomic mass is 79.9. The molecule has 0 aliphatic rings. The summed E-state index contributed by atoms with van der Waals surface area (Å²) < 4.78 is 43.2. The summed E-state index contributed by atoms with van der Waals surface area (Å²) in [4.78, 5) is 12.9. The van der Waals surface area contributed by atoms with E-state index in [0.717, 1.165) is 6.07 Å². The van der Waals surface area contributed by atoms with E-state index >= 15 is 0 Å². The molecule has 1 aromatic rings. The van der Waals surface area contributed by atoms with Crippen molar-refractivity contribution < 1.29 is 22.7 Å². The van der Waals surface area contributed by atoms with Crippen LogP contribution in [0, 0.1) is 0 Å². The number of likely N-dealkylation sites (N-methyl/N-ethyl adjacent to an activating group) is 1. The second-order valence-corrected chi connectivity index (χ2v) is 5.40. The lowest BCUT2D eigenvalue weighted by molar-refractivity contribution is -0.143. The number of thiocarbonyl (C=S) groups is 1. The van der Waals surface area contributed by atoms with E-state index in [1.165, 1.54) is 24.1 Å². The van der Waals surface area contributed by atoms with Crippen LogP contribution in [-0.2, 0) is 15.7 Å². The van der Waals surface area contributed by atoms with Crippen LogP contribution in [0.3, 0.4) is 0 Å². The summed E-state index contributed by atoms with van der Waals surface area (Å²) >= 11 is 7.97. The average molecular weight is 384 g/mol. The number of rotatable bonds is 4.